The van der Waals surface area contributed by atoms with Crippen molar-refractivity contribution in [3.63, 3.8) is 0 Å². The van der Waals surface area contributed by atoms with E-state index < -0.39 is 0 Å². The Morgan fingerprint density at radius 2 is 1.12 bits per heavy atom. The largest absolute Gasteiger partial charge is 0.347 e. The highest BCUT2D eigenvalue weighted by molar-refractivity contribution is 6.15. The van der Waals surface area contributed by atoms with Gasteiger partial charge >= 0.3 is 0 Å². The van der Waals surface area contributed by atoms with E-state index in [1.165, 1.54) is 10.8 Å². The summed E-state index contributed by atoms with van der Waals surface area (Å²) in [4.78, 5) is 10.8. The summed E-state index contributed by atoms with van der Waals surface area (Å²) in [6.45, 7) is 8.55. The Morgan fingerprint density at radius 3 is 1.84 bits per heavy atom. The Hall–Kier alpha value is -7.43. The molecule has 0 unspecified atom stereocenters. The number of H-pyrrole nitrogens is 1. The van der Waals surface area contributed by atoms with Crippen molar-refractivity contribution in [3.05, 3.63) is 218 Å². The Labute approximate surface area is 334 Å². The van der Waals surface area contributed by atoms with E-state index in [1.807, 2.05) is 38.2 Å². The molecule has 0 fully saturated rings. The van der Waals surface area contributed by atoms with Crippen molar-refractivity contribution in [2.24, 2.45) is 0 Å². The molecule has 4 nitrogen and oxygen atoms in total. The first-order valence-electron chi connectivity index (χ1n) is 19.6. The Bertz CT molecular complexity index is 2870. The lowest BCUT2D eigenvalue weighted by atomic mass is 9.95. The summed E-state index contributed by atoms with van der Waals surface area (Å²) in [5.41, 5.74) is 15.1. The minimum atomic E-state index is 0.948. The van der Waals surface area contributed by atoms with E-state index in [2.05, 4.69) is 197 Å². The first-order chi connectivity index (χ1) is 28.2. The maximum absolute atomic E-state index is 5.13. The molecular weight excluding hydrogens is 693 g/mol. The number of hydrogen-bond acceptors (Lipinski definition) is 2. The number of anilines is 2. The van der Waals surface area contributed by atoms with Gasteiger partial charge in [0.25, 0.3) is 0 Å². The molecule has 57 heavy (non-hydrogen) atoms. The predicted octanol–water partition coefficient (Wildman–Crippen LogP) is 14.3. The van der Waals surface area contributed by atoms with Crippen LogP contribution in [0.2, 0.25) is 0 Å². The second-order valence-corrected chi connectivity index (χ2v) is 13.8. The zero-order valence-corrected chi connectivity index (χ0v) is 32.1. The number of hydrogen-bond donors (Lipinski definition) is 1. The minimum absolute atomic E-state index is 0.948. The van der Waals surface area contributed by atoms with Crippen LogP contribution in [-0.4, -0.2) is 14.5 Å². The van der Waals surface area contributed by atoms with Crippen LogP contribution in [0.3, 0.4) is 0 Å². The van der Waals surface area contributed by atoms with E-state index >= 15 is 0 Å². The maximum atomic E-state index is 5.13. The van der Waals surface area contributed by atoms with Gasteiger partial charge in [-0.2, -0.15) is 0 Å². The predicted molar refractivity (Wildman–Crippen MR) is 242 cm³/mol. The van der Waals surface area contributed by atoms with Crippen LogP contribution >= 0.6 is 0 Å². The molecule has 0 saturated heterocycles. The summed E-state index contributed by atoms with van der Waals surface area (Å²) < 4.78 is 2.40. The molecule has 0 amide bonds. The van der Waals surface area contributed by atoms with E-state index in [4.69, 9.17) is 4.98 Å². The maximum Gasteiger partial charge on any atom is 0.122 e. The molecule has 0 radical (unpaired) electrons. The van der Waals surface area contributed by atoms with Gasteiger partial charge in [0.2, 0.25) is 0 Å². The molecule has 1 N–H and O–H groups in total. The van der Waals surface area contributed by atoms with E-state index in [-0.39, 0.29) is 0 Å². The first-order valence-corrected chi connectivity index (χ1v) is 19.6. The molecule has 0 aliphatic carbocycles. The second-order valence-electron chi connectivity index (χ2n) is 13.8. The number of aromatic nitrogens is 3. The molecule has 10 rings (SSSR count). The lowest BCUT2D eigenvalue weighted by Gasteiger charge is -2.23. The molecule has 0 saturated carbocycles. The molecule has 4 heterocycles. The third-order valence-electron chi connectivity index (χ3n) is 10.5. The van der Waals surface area contributed by atoms with Crippen LogP contribution in [0.4, 0.5) is 11.5 Å². The molecule has 3 aromatic heterocycles. The first kappa shape index (κ1) is 35.3. The molecule has 4 heteroatoms. The van der Waals surface area contributed by atoms with Crippen molar-refractivity contribution in [3.8, 4) is 39.3 Å². The second kappa shape index (κ2) is 15.4. The van der Waals surface area contributed by atoms with Crippen LogP contribution in [0.15, 0.2) is 207 Å². The number of para-hydroxylation sites is 2. The molecular formula is C53H42N4. The zero-order chi connectivity index (χ0) is 38.7. The van der Waals surface area contributed by atoms with Crippen LogP contribution in [0.1, 0.15) is 25.0 Å². The third kappa shape index (κ3) is 6.58. The van der Waals surface area contributed by atoms with Crippen molar-refractivity contribution in [1.82, 2.24) is 14.5 Å². The van der Waals surface area contributed by atoms with Gasteiger partial charge in [-0.3, -0.25) is 0 Å². The Morgan fingerprint density at radius 1 is 0.526 bits per heavy atom. The molecule has 0 spiro atoms. The normalized spacial score (nSPS) is 13.9. The fraction of sp³-hybridized carbons (Fsp3) is 0.0377. The SMILES string of the molecule is C=C1/C=C(c2cccc3c2c2ccccc2n3-c2cccc(-c3cc(-c4ccccc4)nc(-c4ccccc4)c3)c2)\C=C/N(c2ccccc2)c2[nH]ccc21.CC. The van der Waals surface area contributed by atoms with Crippen LogP contribution < -0.4 is 4.90 Å². The Balaban J connectivity index is 0.00000208. The number of aromatic amines is 1. The van der Waals surface area contributed by atoms with Gasteiger partial charge < -0.3 is 14.5 Å². The van der Waals surface area contributed by atoms with Gasteiger partial charge in [0.1, 0.15) is 5.82 Å². The number of fused-ring (bicyclic) bond motifs is 4. The average molecular weight is 735 g/mol. The van der Waals surface area contributed by atoms with E-state index in [0.717, 1.165) is 84.1 Å². The Kier molecular flexibility index (Phi) is 9.51. The smallest absolute Gasteiger partial charge is 0.122 e. The molecule has 6 aromatic carbocycles. The van der Waals surface area contributed by atoms with Gasteiger partial charge in [0.05, 0.1) is 22.4 Å². The van der Waals surface area contributed by atoms with Crippen molar-refractivity contribution >= 4 is 44.5 Å². The molecule has 1 aliphatic rings. The summed E-state index contributed by atoms with van der Waals surface area (Å²) in [5, 5.41) is 2.40. The monoisotopic (exact) mass is 734 g/mol. The van der Waals surface area contributed by atoms with Gasteiger partial charge in [-0.05, 0) is 94.6 Å². The number of nitrogens with zero attached hydrogens (tertiary/aromatic N) is 3. The fourth-order valence-corrected chi connectivity index (χ4v) is 7.91. The van der Waals surface area contributed by atoms with Gasteiger partial charge in [0, 0.05) is 51.2 Å². The summed E-state index contributed by atoms with van der Waals surface area (Å²) in [7, 11) is 0. The van der Waals surface area contributed by atoms with Crippen LogP contribution in [-0.2, 0) is 0 Å². The van der Waals surface area contributed by atoms with Gasteiger partial charge in [-0.25, -0.2) is 4.98 Å². The third-order valence-corrected chi connectivity index (χ3v) is 10.5. The minimum Gasteiger partial charge on any atom is -0.347 e. The summed E-state index contributed by atoms with van der Waals surface area (Å²) in [6.07, 6.45) is 8.57. The van der Waals surface area contributed by atoms with Gasteiger partial charge in [0.15, 0.2) is 0 Å². The van der Waals surface area contributed by atoms with E-state index in [9.17, 15) is 0 Å². The van der Waals surface area contributed by atoms with Crippen LogP contribution in [0.25, 0.3) is 72.3 Å². The average Bonchev–Trinajstić information content (AvgIpc) is 3.90. The zero-order valence-electron chi connectivity index (χ0n) is 32.1. The lowest BCUT2D eigenvalue weighted by molar-refractivity contribution is 1.18. The summed E-state index contributed by atoms with van der Waals surface area (Å²) >= 11 is 0. The molecule has 0 atom stereocenters. The molecule has 9 aromatic rings. The number of nitrogens with one attached hydrogen (secondary N) is 1. The topological polar surface area (TPSA) is 36.9 Å². The quantitative estimate of drug-likeness (QED) is 0.185. The standard InChI is InChI=1S/C51H36N4.C2H6/c1-35-31-39(28-30-54(41-20-9-4-10-21-41)51-43(35)27-29-52-51)44-24-14-26-49-50(44)45-23-11-12-25-48(45)55(49)42-22-13-19-38(32-42)40-33-46(36-15-5-2-6-16-36)53-47(34-40)37-17-7-3-8-18-37;1-2/h2-34,52H,1H2;1-2H3/b30-28-,39-31+;. The van der Waals surface area contributed by atoms with Crippen LogP contribution in [0.5, 0.6) is 0 Å². The summed E-state index contributed by atoms with van der Waals surface area (Å²) in [6, 6.07) is 62.1. The highest BCUT2D eigenvalue weighted by Crippen LogP contribution is 2.41. The summed E-state index contributed by atoms with van der Waals surface area (Å²) in [5.74, 6) is 0.999. The molecule has 1 aliphatic heterocycles. The number of pyridine rings is 1. The van der Waals surface area contributed by atoms with Crippen molar-refractivity contribution in [2.45, 2.75) is 13.8 Å². The van der Waals surface area contributed by atoms with Gasteiger partial charge in [-0.1, -0.05) is 142 Å². The van der Waals surface area contributed by atoms with Gasteiger partial charge in [-0.15, -0.1) is 0 Å². The highest BCUT2D eigenvalue weighted by Gasteiger charge is 2.21. The van der Waals surface area contributed by atoms with Crippen molar-refractivity contribution in [2.75, 3.05) is 4.90 Å². The number of benzene rings is 6. The van der Waals surface area contributed by atoms with E-state index in [1.54, 1.807) is 0 Å². The molecule has 0 bridgehead atoms. The highest BCUT2D eigenvalue weighted by atomic mass is 15.2. The number of rotatable bonds is 6. The lowest BCUT2D eigenvalue weighted by Crippen LogP contribution is -2.11. The van der Waals surface area contributed by atoms with E-state index in [0.29, 0.717) is 0 Å². The fourth-order valence-electron chi connectivity index (χ4n) is 7.91. The van der Waals surface area contributed by atoms with Crippen molar-refractivity contribution in [1.29, 1.82) is 0 Å². The number of allylic oxidation sites excluding steroid dienone is 4. The molecule has 274 valence electrons. The van der Waals surface area contributed by atoms with Crippen molar-refractivity contribution < 1.29 is 0 Å². The van der Waals surface area contributed by atoms with Crippen LogP contribution in [0, 0.1) is 0 Å².